The van der Waals surface area contributed by atoms with Gasteiger partial charge in [-0.15, -0.1) is 0 Å². The number of rotatable bonds is 11. The van der Waals surface area contributed by atoms with E-state index in [-0.39, 0.29) is 0 Å². The van der Waals surface area contributed by atoms with Gasteiger partial charge in [0.2, 0.25) is 0 Å². The van der Waals surface area contributed by atoms with Crippen molar-refractivity contribution in [2.24, 2.45) is 5.73 Å². The maximum atomic E-state index is 6.55. The van der Waals surface area contributed by atoms with Crippen LogP contribution in [0.15, 0.2) is 0 Å². The van der Waals surface area contributed by atoms with E-state index in [4.69, 9.17) is 18.1 Å². The molecule has 0 radical (unpaired) electrons. The molecule has 0 spiro atoms. The molecule has 0 aliphatic heterocycles. The number of hydrogen-bond donors (Lipinski definition) is 1. The van der Waals surface area contributed by atoms with Gasteiger partial charge in [0.15, 0.2) is 16.6 Å². The second kappa shape index (κ2) is 8.70. The molecule has 22 heavy (non-hydrogen) atoms. The lowest BCUT2D eigenvalue weighted by molar-refractivity contribution is 0.329. The Labute approximate surface area is 142 Å². The molecule has 0 aromatic carbocycles. The summed E-state index contributed by atoms with van der Waals surface area (Å²) in [6, 6.07) is 1.18. The number of hydrogen-bond acceptors (Lipinski definition) is 4. The van der Waals surface area contributed by atoms with Crippen molar-refractivity contribution in [1.82, 2.24) is 0 Å². The smallest absolute Gasteiger partial charge is 0.312 e. The molecular weight excluding hydrogens is 343 g/mol. The molecule has 0 fully saturated rings. The average molecular weight is 382 g/mol. The van der Waals surface area contributed by atoms with Gasteiger partial charge in [-0.2, -0.15) is 0 Å². The minimum atomic E-state index is -2.15. The lowest BCUT2D eigenvalue weighted by atomic mass is 10.2. The third-order valence-corrected chi connectivity index (χ3v) is 17.1. The lowest BCUT2D eigenvalue weighted by Gasteiger charge is -2.40. The SMILES string of the molecule is C[Si](C)(C)O[Si](C)(C)O[Si](C)(C)O[Si](C)(C)CCCCCN. The first-order chi connectivity index (χ1) is 9.68. The van der Waals surface area contributed by atoms with Gasteiger partial charge >= 0.3 is 17.1 Å². The van der Waals surface area contributed by atoms with E-state index in [9.17, 15) is 0 Å². The largest absolute Gasteiger partial charge is 0.437 e. The quantitative estimate of drug-likeness (QED) is 0.419. The Hall–Kier alpha value is 0.708. The van der Waals surface area contributed by atoms with E-state index < -0.39 is 33.8 Å². The van der Waals surface area contributed by atoms with Crippen LogP contribution < -0.4 is 5.73 Å². The highest BCUT2D eigenvalue weighted by atomic mass is 28.5. The summed E-state index contributed by atoms with van der Waals surface area (Å²) in [7, 11) is -7.51. The Morgan fingerprint density at radius 3 is 1.59 bits per heavy atom. The van der Waals surface area contributed by atoms with Gasteiger partial charge in [0, 0.05) is 0 Å². The van der Waals surface area contributed by atoms with E-state index in [0.717, 1.165) is 13.0 Å². The first kappa shape index (κ1) is 22.7. The molecule has 8 heteroatoms. The molecule has 134 valence electrons. The zero-order valence-electron chi connectivity index (χ0n) is 16.3. The summed E-state index contributed by atoms with van der Waals surface area (Å²) in [5.41, 5.74) is 5.56. The predicted molar refractivity (Wildman–Crippen MR) is 107 cm³/mol. The van der Waals surface area contributed by atoms with E-state index in [1.807, 2.05) is 0 Å². The van der Waals surface area contributed by atoms with Crippen molar-refractivity contribution in [2.75, 3.05) is 6.54 Å². The highest BCUT2D eigenvalue weighted by Crippen LogP contribution is 2.26. The van der Waals surface area contributed by atoms with Gasteiger partial charge in [-0.3, -0.25) is 0 Å². The van der Waals surface area contributed by atoms with Crippen molar-refractivity contribution in [2.45, 2.75) is 84.2 Å². The molecule has 0 saturated carbocycles. The second-order valence-electron chi connectivity index (χ2n) is 8.58. The first-order valence-corrected chi connectivity index (χ1v) is 20.6. The van der Waals surface area contributed by atoms with Crippen molar-refractivity contribution in [3.8, 4) is 0 Å². The van der Waals surface area contributed by atoms with Crippen molar-refractivity contribution >= 4 is 33.8 Å². The van der Waals surface area contributed by atoms with Crippen LogP contribution in [0.2, 0.25) is 65.0 Å². The summed E-state index contributed by atoms with van der Waals surface area (Å²) in [4.78, 5) is 0. The van der Waals surface area contributed by atoms with Gasteiger partial charge < -0.3 is 18.1 Å². The molecular formula is C14H39NO3Si4. The molecule has 0 aromatic heterocycles. The molecule has 0 aliphatic rings. The molecule has 0 unspecified atom stereocenters. The summed E-state index contributed by atoms with van der Waals surface area (Å²) < 4.78 is 19.3. The highest BCUT2D eigenvalue weighted by molar-refractivity contribution is 6.89. The molecule has 0 bridgehead atoms. The van der Waals surface area contributed by atoms with Gasteiger partial charge in [-0.05, 0) is 77.9 Å². The highest BCUT2D eigenvalue weighted by Gasteiger charge is 2.42. The molecule has 0 atom stereocenters. The van der Waals surface area contributed by atoms with Crippen LogP contribution in [-0.2, 0) is 12.3 Å². The van der Waals surface area contributed by atoms with Crippen molar-refractivity contribution < 1.29 is 12.3 Å². The molecule has 0 aliphatic carbocycles. The fourth-order valence-electron chi connectivity index (χ4n) is 2.96. The zero-order valence-corrected chi connectivity index (χ0v) is 20.3. The Balaban J connectivity index is 4.53. The summed E-state index contributed by atoms with van der Waals surface area (Å²) in [5.74, 6) is 0. The van der Waals surface area contributed by atoms with E-state index in [1.54, 1.807) is 0 Å². The maximum Gasteiger partial charge on any atom is 0.312 e. The standard InChI is InChI=1S/C14H39NO3Si4/c1-19(2,3)16-21(6,7)18-22(8,9)17-20(4,5)14-12-10-11-13-15/h10-15H2,1-9H3. The lowest BCUT2D eigenvalue weighted by Crippen LogP contribution is -2.55. The summed E-state index contributed by atoms with van der Waals surface area (Å²) in [5, 5.41) is 0. The van der Waals surface area contributed by atoms with Crippen LogP contribution in [0.1, 0.15) is 19.3 Å². The molecule has 0 heterocycles. The number of unbranched alkanes of at least 4 members (excludes halogenated alkanes) is 2. The molecule has 0 aromatic rings. The van der Waals surface area contributed by atoms with Crippen LogP contribution in [0.4, 0.5) is 0 Å². The van der Waals surface area contributed by atoms with Gasteiger partial charge in [0.1, 0.15) is 0 Å². The van der Waals surface area contributed by atoms with Gasteiger partial charge in [0.05, 0.1) is 0 Å². The van der Waals surface area contributed by atoms with Gasteiger partial charge in [-0.25, -0.2) is 0 Å². The van der Waals surface area contributed by atoms with E-state index >= 15 is 0 Å². The minimum absolute atomic E-state index is 0.792. The maximum absolute atomic E-state index is 6.55. The van der Waals surface area contributed by atoms with Gasteiger partial charge in [-0.1, -0.05) is 12.8 Å². The zero-order chi connectivity index (χ0) is 17.7. The van der Waals surface area contributed by atoms with Crippen LogP contribution in [0.3, 0.4) is 0 Å². The minimum Gasteiger partial charge on any atom is -0.437 e. The second-order valence-corrected chi connectivity index (χ2v) is 24.9. The topological polar surface area (TPSA) is 53.7 Å². The molecule has 0 amide bonds. The summed E-state index contributed by atoms with van der Waals surface area (Å²) in [6.45, 7) is 20.7. The van der Waals surface area contributed by atoms with E-state index in [0.29, 0.717) is 0 Å². The normalized spacial score (nSPS) is 14.5. The summed E-state index contributed by atoms with van der Waals surface area (Å²) >= 11 is 0. The predicted octanol–water partition coefficient (Wildman–Crippen LogP) is 4.61. The molecule has 0 saturated heterocycles. The van der Waals surface area contributed by atoms with Crippen LogP contribution in [0.25, 0.3) is 0 Å². The molecule has 4 nitrogen and oxygen atoms in total. The Morgan fingerprint density at radius 1 is 0.636 bits per heavy atom. The monoisotopic (exact) mass is 381 g/mol. The average Bonchev–Trinajstić information content (AvgIpc) is 2.16. The number of nitrogens with two attached hydrogens (primary N) is 1. The Bertz CT molecular complexity index is 331. The molecule has 2 N–H and O–H groups in total. The Morgan fingerprint density at radius 2 is 1.14 bits per heavy atom. The van der Waals surface area contributed by atoms with Crippen molar-refractivity contribution in [3.63, 3.8) is 0 Å². The van der Waals surface area contributed by atoms with Crippen LogP contribution in [0, 0.1) is 0 Å². The molecule has 0 rings (SSSR count). The van der Waals surface area contributed by atoms with Crippen LogP contribution in [-0.4, -0.2) is 40.3 Å². The van der Waals surface area contributed by atoms with Crippen LogP contribution >= 0.6 is 0 Å². The fraction of sp³-hybridized carbons (Fsp3) is 1.00. The third kappa shape index (κ3) is 12.2. The van der Waals surface area contributed by atoms with Crippen LogP contribution in [0.5, 0.6) is 0 Å². The summed E-state index contributed by atoms with van der Waals surface area (Å²) in [6.07, 6.45) is 3.54. The Kier molecular flexibility index (Phi) is 8.98. The van der Waals surface area contributed by atoms with E-state index in [1.165, 1.54) is 18.9 Å². The third-order valence-electron chi connectivity index (χ3n) is 3.05. The van der Waals surface area contributed by atoms with Crippen molar-refractivity contribution in [1.29, 1.82) is 0 Å². The van der Waals surface area contributed by atoms with Gasteiger partial charge in [0.25, 0.3) is 0 Å². The van der Waals surface area contributed by atoms with E-state index in [2.05, 4.69) is 58.9 Å². The fourth-order valence-corrected chi connectivity index (χ4v) is 21.5. The first-order valence-electron chi connectivity index (χ1n) is 8.49. The van der Waals surface area contributed by atoms with Crippen molar-refractivity contribution in [3.05, 3.63) is 0 Å².